The van der Waals surface area contributed by atoms with E-state index in [4.69, 9.17) is 0 Å². The molecule has 0 aliphatic carbocycles. The first-order chi connectivity index (χ1) is 7.63. The average molecular weight is 223 g/mol. The zero-order valence-corrected chi connectivity index (χ0v) is 9.04. The van der Waals surface area contributed by atoms with Crippen molar-refractivity contribution in [3.63, 3.8) is 0 Å². The van der Waals surface area contributed by atoms with Gasteiger partial charge in [0.25, 0.3) is 6.20 Å². The third-order valence-corrected chi connectivity index (χ3v) is 1.90. The largest absolute Gasteiger partial charge is 0.370 e. The number of rotatable bonds is 5. The van der Waals surface area contributed by atoms with E-state index in [1.165, 1.54) is 0 Å². The zero-order chi connectivity index (χ0) is 12.0. The Bertz CT molecular complexity index is 379. The summed E-state index contributed by atoms with van der Waals surface area (Å²) in [5.41, 5.74) is 0.715. The average Bonchev–Trinajstić information content (AvgIpc) is 2.28. The van der Waals surface area contributed by atoms with Crippen LogP contribution in [0.2, 0.25) is 0 Å². The molecule has 0 aromatic carbocycles. The Balaban J connectivity index is 2.70. The molecule has 1 rings (SSSR count). The van der Waals surface area contributed by atoms with E-state index < -0.39 is 4.92 Å². The van der Waals surface area contributed by atoms with Crippen LogP contribution in [0.15, 0.2) is 30.6 Å². The van der Waals surface area contributed by atoms with E-state index in [2.05, 4.69) is 20.6 Å². The fraction of sp³-hybridized carbons (Fsp3) is 0.333. The van der Waals surface area contributed by atoms with Gasteiger partial charge in [0.1, 0.15) is 0 Å². The number of hydrogen-bond donors (Lipinski definition) is 2. The highest BCUT2D eigenvalue weighted by Crippen LogP contribution is 2.07. The van der Waals surface area contributed by atoms with Crippen LogP contribution in [-0.4, -0.2) is 21.9 Å². The van der Waals surface area contributed by atoms with Crippen molar-refractivity contribution in [2.75, 3.05) is 7.05 Å². The summed E-state index contributed by atoms with van der Waals surface area (Å²) in [5, 5.41) is 15.9. The molecule has 1 atom stereocenters. The highest BCUT2D eigenvalue weighted by molar-refractivity contribution is 5.05. The molecule has 16 heavy (non-hydrogen) atoms. The molecule has 0 bridgehead atoms. The maximum absolute atomic E-state index is 10.3. The van der Waals surface area contributed by atoms with Crippen molar-refractivity contribution in [2.45, 2.75) is 13.0 Å². The third kappa shape index (κ3) is 3.52. The van der Waals surface area contributed by atoms with Gasteiger partial charge in [0.15, 0.2) is 5.82 Å². The lowest BCUT2D eigenvalue weighted by atomic mass is 10.2. The van der Waals surface area contributed by atoms with E-state index in [1.807, 2.05) is 6.92 Å². The molecule has 86 valence electrons. The Labute approximate surface area is 92.8 Å². The van der Waals surface area contributed by atoms with Crippen LogP contribution in [0.25, 0.3) is 0 Å². The molecule has 1 aromatic heterocycles. The van der Waals surface area contributed by atoms with Gasteiger partial charge < -0.3 is 10.6 Å². The van der Waals surface area contributed by atoms with E-state index in [0.29, 0.717) is 11.5 Å². The summed E-state index contributed by atoms with van der Waals surface area (Å²) < 4.78 is 0. The van der Waals surface area contributed by atoms with E-state index in [1.54, 1.807) is 25.6 Å². The van der Waals surface area contributed by atoms with Crippen molar-refractivity contribution < 1.29 is 4.92 Å². The predicted molar refractivity (Wildman–Crippen MR) is 57.7 cm³/mol. The van der Waals surface area contributed by atoms with Crippen LogP contribution in [-0.2, 0) is 0 Å². The maximum atomic E-state index is 10.3. The number of nitrogens with zero attached hydrogens (tertiary/aromatic N) is 3. The number of nitrogens with one attached hydrogen (secondary N) is 2. The fourth-order valence-corrected chi connectivity index (χ4v) is 1.12. The maximum Gasteiger partial charge on any atom is 0.274 e. The predicted octanol–water partition coefficient (Wildman–Crippen LogP) is 0.422. The first-order valence-corrected chi connectivity index (χ1v) is 4.69. The molecular formula is C9H13N5O2. The van der Waals surface area contributed by atoms with Crippen molar-refractivity contribution in [1.82, 2.24) is 20.6 Å². The molecule has 7 heteroatoms. The first-order valence-electron chi connectivity index (χ1n) is 4.69. The van der Waals surface area contributed by atoms with Crippen LogP contribution >= 0.6 is 0 Å². The van der Waals surface area contributed by atoms with Gasteiger partial charge >= 0.3 is 0 Å². The van der Waals surface area contributed by atoms with Crippen molar-refractivity contribution in [3.8, 4) is 0 Å². The van der Waals surface area contributed by atoms with Gasteiger partial charge in [-0.2, -0.15) is 0 Å². The van der Waals surface area contributed by atoms with Gasteiger partial charge in [-0.05, 0) is 6.92 Å². The molecule has 1 unspecified atom stereocenters. The minimum Gasteiger partial charge on any atom is -0.370 e. The molecular weight excluding hydrogens is 210 g/mol. The Hall–Kier alpha value is -2.18. The number of nitro groups is 1. The van der Waals surface area contributed by atoms with Crippen LogP contribution in [0.3, 0.4) is 0 Å². The Morgan fingerprint density at radius 2 is 2.38 bits per heavy atom. The SMILES string of the molecule is CN/C(=C\[N+](=O)[O-])NC(C)c1cnccn1. The third-order valence-electron chi connectivity index (χ3n) is 1.90. The molecule has 0 spiro atoms. The van der Waals surface area contributed by atoms with Crippen LogP contribution in [0.1, 0.15) is 18.7 Å². The Morgan fingerprint density at radius 3 is 2.88 bits per heavy atom. The van der Waals surface area contributed by atoms with Crippen molar-refractivity contribution >= 4 is 0 Å². The van der Waals surface area contributed by atoms with E-state index in [9.17, 15) is 10.1 Å². The van der Waals surface area contributed by atoms with Crippen LogP contribution in [0.5, 0.6) is 0 Å². The molecule has 2 N–H and O–H groups in total. The van der Waals surface area contributed by atoms with Gasteiger partial charge in [0.05, 0.1) is 22.9 Å². The lowest BCUT2D eigenvalue weighted by Crippen LogP contribution is -2.27. The monoisotopic (exact) mass is 223 g/mol. The van der Waals surface area contributed by atoms with E-state index in [-0.39, 0.29) is 6.04 Å². The summed E-state index contributed by atoms with van der Waals surface area (Å²) in [6, 6.07) is -0.160. The van der Waals surface area contributed by atoms with Crippen LogP contribution in [0, 0.1) is 10.1 Å². The standard InChI is InChI=1S/C9H13N5O2/c1-7(8-5-11-3-4-12-8)13-9(10-2)6-14(15)16/h3-7,10,13H,1-2H3/b9-6+. The molecule has 0 aliphatic heterocycles. The molecule has 1 aromatic rings. The lowest BCUT2D eigenvalue weighted by molar-refractivity contribution is -0.404. The summed E-state index contributed by atoms with van der Waals surface area (Å²) in [6.45, 7) is 1.84. The molecule has 7 nitrogen and oxygen atoms in total. The second kappa shape index (κ2) is 5.64. The van der Waals surface area contributed by atoms with Crippen molar-refractivity contribution in [1.29, 1.82) is 0 Å². The Morgan fingerprint density at radius 1 is 1.62 bits per heavy atom. The van der Waals surface area contributed by atoms with Gasteiger partial charge in [-0.3, -0.25) is 20.1 Å². The second-order valence-corrected chi connectivity index (χ2v) is 3.07. The van der Waals surface area contributed by atoms with Crippen LogP contribution < -0.4 is 10.6 Å². The molecule has 0 saturated heterocycles. The van der Waals surface area contributed by atoms with Crippen molar-refractivity contribution in [2.24, 2.45) is 0 Å². The smallest absolute Gasteiger partial charge is 0.274 e. The molecule has 0 fully saturated rings. The minimum atomic E-state index is -0.526. The number of aromatic nitrogens is 2. The summed E-state index contributed by atoms with van der Waals surface area (Å²) in [5.74, 6) is 0.322. The number of hydrogen-bond acceptors (Lipinski definition) is 6. The van der Waals surface area contributed by atoms with Gasteiger partial charge in [-0.1, -0.05) is 0 Å². The van der Waals surface area contributed by atoms with Gasteiger partial charge in [-0.25, -0.2) is 0 Å². The van der Waals surface area contributed by atoms with E-state index >= 15 is 0 Å². The van der Waals surface area contributed by atoms with Crippen LogP contribution in [0.4, 0.5) is 0 Å². The molecule has 0 aliphatic rings. The highest BCUT2D eigenvalue weighted by Gasteiger charge is 2.09. The summed E-state index contributed by atoms with van der Waals surface area (Å²) >= 11 is 0. The van der Waals surface area contributed by atoms with Crippen molar-refractivity contribution in [3.05, 3.63) is 46.4 Å². The zero-order valence-electron chi connectivity index (χ0n) is 9.04. The Kier molecular flexibility index (Phi) is 4.19. The topological polar surface area (TPSA) is 93.0 Å². The van der Waals surface area contributed by atoms with Gasteiger partial charge in [-0.15, -0.1) is 0 Å². The molecule has 0 saturated carbocycles. The van der Waals surface area contributed by atoms with Gasteiger partial charge in [0, 0.05) is 19.4 Å². The minimum absolute atomic E-state index is 0.160. The summed E-state index contributed by atoms with van der Waals surface area (Å²) in [4.78, 5) is 17.8. The normalized spacial score (nSPS) is 13.0. The highest BCUT2D eigenvalue weighted by atomic mass is 16.6. The van der Waals surface area contributed by atoms with E-state index in [0.717, 1.165) is 6.20 Å². The first kappa shape index (κ1) is 11.9. The van der Waals surface area contributed by atoms with Gasteiger partial charge in [0.2, 0.25) is 0 Å². The summed E-state index contributed by atoms with van der Waals surface area (Å²) in [7, 11) is 1.60. The quantitative estimate of drug-likeness (QED) is 0.555. The summed E-state index contributed by atoms with van der Waals surface area (Å²) in [6.07, 6.45) is 5.62. The molecule has 0 radical (unpaired) electrons. The second-order valence-electron chi connectivity index (χ2n) is 3.07. The molecule has 0 amide bonds. The molecule has 1 heterocycles. The fourth-order valence-electron chi connectivity index (χ4n) is 1.12. The lowest BCUT2D eigenvalue weighted by Gasteiger charge is -2.14.